The first-order chi connectivity index (χ1) is 13.6. The number of benzene rings is 1. The number of halogens is 1. The van der Waals surface area contributed by atoms with E-state index in [1.165, 1.54) is 0 Å². The number of amides is 1. The second-order valence-electron chi connectivity index (χ2n) is 6.30. The van der Waals surface area contributed by atoms with Gasteiger partial charge in [-0.1, -0.05) is 34.1 Å². The summed E-state index contributed by atoms with van der Waals surface area (Å²) in [5.41, 5.74) is 2.82. The van der Waals surface area contributed by atoms with Crippen LogP contribution >= 0.6 is 27.3 Å². The average molecular weight is 459 g/mol. The van der Waals surface area contributed by atoms with E-state index in [9.17, 15) is 4.79 Å². The van der Waals surface area contributed by atoms with Crippen LogP contribution in [-0.2, 0) is 17.8 Å². The number of thiazole rings is 1. The Balaban J connectivity index is 1.53. The Hall–Kier alpha value is -2.25. The Morgan fingerprint density at radius 3 is 2.71 bits per heavy atom. The third-order valence-corrected chi connectivity index (χ3v) is 5.78. The topological polar surface area (TPSA) is 58.1 Å². The zero-order valence-electron chi connectivity index (χ0n) is 16.0. The van der Waals surface area contributed by atoms with Gasteiger partial charge < -0.3 is 10.2 Å². The molecule has 0 unspecified atom stereocenters. The van der Waals surface area contributed by atoms with Crippen molar-refractivity contribution in [3.05, 3.63) is 63.7 Å². The molecule has 146 valence electrons. The standard InChI is InChI=1S/C21H23BrN4OS/c1-3-26(4-2)19-9-8-15(12-23-19)13-24-20(27)11-18-14-28-21(25-18)16-6-5-7-17(22)10-16/h5-10,12,14H,3-4,11,13H2,1-2H3,(H,24,27). The Labute approximate surface area is 178 Å². The minimum absolute atomic E-state index is 0.0427. The number of hydrogen-bond acceptors (Lipinski definition) is 5. The molecule has 2 heterocycles. The van der Waals surface area contributed by atoms with Crippen LogP contribution in [0.2, 0.25) is 0 Å². The van der Waals surface area contributed by atoms with Gasteiger partial charge in [0.2, 0.25) is 5.91 Å². The van der Waals surface area contributed by atoms with Crippen molar-refractivity contribution in [1.29, 1.82) is 0 Å². The third-order valence-electron chi connectivity index (χ3n) is 4.35. The van der Waals surface area contributed by atoms with Crippen molar-refractivity contribution in [3.63, 3.8) is 0 Å². The predicted molar refractivity (Wildman–Crippen MR) is 119 cm³/mol. The van der Waals surface area contributed by atoms with Crippen LogP contribution < -0.4 is 10.2 Å². The van der Waals surface area contributed by atoms with Crippen LogP contribution in [0.4, 0.5) is 5.82 Å². The summed E-state index contributed by atoms with van der Waals surface area (Å²) in [5.74, 6) is 0.918. The summed E-state index contributed by atoms with van der Waals surface area (Å²) in [5, 5.41) is 5.80. The molecule has 0 saturated carbocycles. The predicted octanol–water partition coefficient (Wildman–Crippen LogP) is 4.67. The maximum absolute atomic E-state index is 12.3. The number of nitrogens with zero attached hydrogens (tertiary/aromatic N) is 3. The molecule has 5 nitrogen and oxygen atoms in total. The maximum atomic E-state index is 12.3. The molecule has 28 heavy (non-hydrogen) atoms. The molecule has 3 rings (SSSR count). The fraction of sp³-hybridized carbons (Fsp3) is 0.286. The van der Waals surface area contributed by atoms with Gasteiger partial charge in [-0.25, -0.2) is 9.97 Å². The largest absolute Gasteiger partial charge is 0.357 e. The average Bonchev–Trinajstić information content (AvgIpc) is 3.17. The van der Waals surface area contributed by atoms with Crippen LogP contribution in [0.5, 0.6) is 0 Å². The van der Waals surface area contributed by atoms with Crippen molar-refractivity contribution in [2.45, 2.75) is 26.8 Å². The molecule has 1 N–H and O–H groups in total. The van der Waals surface area contributed by atoms with Crippen molar-refractivity contribution in [3.8, 4) is 10.6 Å². The fourth-order valence-electron chi connectivity index (χ4n) is 2.83. The summed E-state index contributed by atoms with van der Waals surface area (Å²) in [4.78, 5) is 23.5. The molecular formula is C21H23BrN4OS. The van der Waals surface area contributed by atoms with Crippen LogP contribution in [-0.4, -0.2) is 29.0 Å². The number of hydrogen-bond donors (Lipinski definition) is 1. The Bertz CT molecular complexity index is 922. The normalized spacial score (nSPS) is 10.7. The van der Waals surface area contributed by atoms with E-state index in [1.54, 1.807) is 11.3 Å². The van der Waals surface area contributed by atoms with Crippen LogP contribution in [0.15, 0.2) is 52.4 Å². The van der Waals surface area contributed by atoms with E-state index in [0.29, 0.717) is 6.54 Å². The molecule has 0 atom stereocenters. The first-order valence-corrected chi connectivity index (χ1v) is 10.9. The smallest absolute Gasteiger partial charge is 0.226 e. The molecule has 0 aliphatic heterocycles. The molecule has 0 spiro atoms. The zero-order valence-corrected chi connectivity index (χ0v) is 18.4. The summed E-state index contributed by atoms with van der Waals surface area (Å²) in [7, 11) is 0. The van der Waals surface area contributed by atoms with Gasteiger partial charge in [0.15, 0.2) is 0 Å². The molecule has 0 radical (unpaired) electrons. The first-order valence-electron chi connectivity index (χ1n) is 9.26. The van der Waals surface area contributed by atoms with Crippen molar-refractivity contribution in [1.82, 2.24) is 15.3 Å². The van der Waals surface area contributed by atoms with E-state index in [0.717, 1.165) is 45.2 Å². The summed E-state index contributed by atoms with van der Waals surface area (Å²) in [6, 6.07) is 12.0. The Kier molecular flexibility index (Phi) is 7.17. The monoisotopic (exact) mass is 458 g/mol. The Morgan fingerprint density at radius 1 is 1.21 bits per heavy atom. The number of carbonyl (C=O) groups is 1. The highest BCUT2D eigenvalue weighted by molar-refractivity contribution is 9.10. The molecule has 0 saturated heterocycles. The summed E-state index contributed by atoms with van der Waals surface area (Å²) < 4.78 is 1.01. The Morgan fingerprint density at radius 2 is 2.04 bits per heavy atom. The van der Waals surface area contributed by atoms with Gasteiger partial charge in [-0.15, -0.1) is 11.3 Å². The number of anilines is 1. The number of nitrogens with one attached hydrogen (secondary N) is 1. The van der Waals surface area contributed by atoms with Gasteiger partial charge in [0, 0.05) is 41.2 Å². The van der Waals surface area contributed by atoms with Gasteiger partial charge in [0.25, 0.3) is 0 Å². The zero-order chi connectivity index (χ0) is 19.9. The molecule has 0 aliphatic rings. The number of aromatic nitrogens is 2. The molecule has 7 heteroatoms. The molecular weight excluding hydrogens is 436 g/mol. The number of pyridine rings is 1. The first kappa shape index (κ1) is 20.5. The lowest BCUT2D eigenvalue weighted by atomic mass is 10.2. The van der Waals surface area contributed by atoms with E-state index >= 15 is 0 Å². The van der Waals surface area contributed by atoms with Gasteiger partial charge in [-0.3, -0.25) is 4.79 Å². The minimum Gasteiger partial charge on any atom is -0.357 e. The van der Waals surface area contributed by atoms with Crippen molar-refractivity contribution in [2.24, 2.45) is 0 Å². The maximum Gasteiger partial charge on any atom is 0.226 e. The van der Waals surface area contributed by atoms with Crippen molar-refractivity contribution < 1.29 is 4.79 Å². The summed E-state index contributed by atoms with van der Waals surface area (Å²) in [6.45, 7) is 6.54. The molecule has 1 aromatic carbocycles. The molecule has 1 amide bonds. The lowest BCUT2D eigenvalue weighted by Crippen LogP contribution is -2.25. The highest BCUT2D eigenvalue weighted by atomic mass is 79.9. The number of rotatable bonds is 8. The number of carbonyl (C=O) groups excluding carboxylic acids is 1. The molecule has 0 fully saturated rings. The van der Waals surface area contributed by atoms with Gasteiger partial charge in [-0.05, 0) is 37.6 Å². The van der Waals surface area contributed by atoms with Gasteiger partial charge in [0.05, 0.1) is 12.1 Å². The lowest BCUT2D eigenvalue weighted by molar-refractivity contribution is -0.120. The van der Waals surface area contributed by atoms with Crippen molar-refractivity contribution >= 4 is 39.0 Å². The van der Waals surface area contributed by atoms with Gasteiger partial charge >= 0.3 is 0 Å². The second-order valence-corrected chi connectivity index (χ2v) is 8.08. The van der Waals surface area contributed by atoms with Crippen LogP contribution in [0, 0.1) is 0 Å². The van der Waals surface area contributed by atoms with Gasteiger partial charge in [-0.2, -0.15) is 0 Å². The third kappa shape index (κ3) is 5.39. The van der Waals surface area contributed by atoms with E-state index < -0.39 is 0 Å². The van der Waals surface area contributed by atoms with Crippen molar-refractivity contribution in [2.75, 3.05) is 18.0 Å². The van der Waals surface area contributed by atoms with Crippen LogP contribution in [0.3, 0.4) is 0 Å². The summed E-state index contributed by atoms with van der Waals surface area (Å²) in [6.07, 6.45) is 2.09. The van der Waals surface area contributed by atoms with Gasteiger partial charge in [0.1, 0.15) is 10.8 Å². The van der Waals surface area contributed by atoms with E-state index in [1.807, 2.05) is 48.0 Å². The van der Waals surface area contributed by atoms with E-state index in [4.69, 9.17) is 0 Å². The highest BCUT2D eigenvalue weighted by Gasteiger charge is 2.10. The molecule has 0 bridgehead atoms. The lowest BCUT2D eigenvalue weighted by Gasteiger charge is -2.19. The van der Waals surface area contributed by atoms with Crippen LogP contribution in [0.1, 0.15) is 25.1 Å². The SMILES string of the molecule is CCN(CC)c1ccc(CNC(=O)Cc2csc(-c3cccc(Br)c3)n2)cn1. The molecule has 2 aromatic heterocycles. The fourth-order valence-corrected chi connectivity index (χ4v) is 4.04. The quantitative estimate of drug-likeness (QED) is 0.532. The highest BCUT2D eigenvalue weighted by Crippen LogP contribution is 2.26. The summed E-state index contributed by atoms with van der Waals surface area (Å²) >= 11 is 5.02. The molecule has 0 aliphatic carbocycles. The minimum atomic E-state index is -0.0427. The van der Waals surface area contributed by atoms with Crippen LogP contribution in [0.25, 0.3) is 10.6 Å². The van der Waals surface area contributed by atoms with E-state index in [-0.39, 0.29) is 12.3 Å². The molecule has 3 aromatic rings. The second kappa shape index (κ2) is 9.80. The van der Waals surface area contributed by atoms with E-state index in [2.05, 4.69) is 50.0 Å².